The number of aliphatic hydroxyl groups is 1. The molecule has 38 heavy (non-hydrogen) atoms. The third-order valence-corrected chi connectivity index (χ3v) is 6.14. The van der Waals surface area contributed by atoms with Crippen molar-refractivity contribution in [3.05, 3.63) is 66.5 Å². The number of aliphatic hydroxyl groups excluding tert-OH is 1. The number of rotatable bonds is 9. The highest BCUT2D eigenvalue weighted by Crippen LogP contribution is 2.29. The molecule has 1 saturated heterocycles. The highest BCUT2D eigenvalue weighted by molar-refractivity contribution is 5.90. The van der Waals surface area contributed by atoms with Crippen LogP contribution in [0.4, 0.5) is 20.7 Å². The van der Waals surface area contributed by atoms with Crippen LogP contribution in [0.2, 0.25) is 0 Å². The number of hydrogen-bond acceptors (Lipinski definition) is 8. The van der Waals surface area contributed by atoms with Gasteiger partial charge < -0.3 is 25.0 Å². The van der Waals surface area contributed by atoms with E-state index in [0.717, 1.165) is 5.56 Å². The van der Waals surface area contributed by atoms with Crippen LogP contribution < -0.4 is 15.5 Å². The molecule has 1 aliphatic heterocycles. The maximum atomic E-state index is 15.1. The first-order valence-electron chi connectivity index (χ1n) is 12.0. The third kappa shape index (κ3) is 5.25. The number of nitrogens with one attached hydrogen (secondary N) is 2. The SMILES string of the molecule is CC(=O)NCC1CN(c2ccc(-c3ccc(Cn4cnc5c(NCCO)ncnc54)cc3)c(F)c2)C(=O)O1. The fourth-order valence-electron chi connectivity index (χ4n) is 4.29. The maximum Gasteiger partial charge on any atom is 0.414 e. The minimum Gasteiger partial charge on any atom is -0.442 e. The Morgan fingerprint density at radius 1 is 1.18 bits per heavy atom. The molecule has 4 aromatic rings. The number of amides is 2. The van der Waals surface area contributed by atoms with Gasteiger partial charge in [0.25, 0.3) is 0 Å². The quantitative estimate of drug-likeness (QED) is 0.307. The second kappa shape index (κ2) is 10.8. The van der Waals surface area contributed by atoms with Crippen molar-refractivity contribution in [2.75, 3.05) is 36.5 Å². The van der Waals surface area contributed by atoms with Gasteiger partial charge in [0.2, 0.25) is 5.91 Å². The Kier molecular flexibility index (Phi) is 7.13. The molecule has 0 spiro atoms. The molecule has 0 bridgehead atoms. The number of carbonyl (C=O) groups is 2. The van der Waals surface area contributed by atoms with Gasteiger partial charge in [-0.1, -0.05) is 24.3 Å². The van der Waals surface area contributed by atoms with Gasteiger partial charge in [-0.3, -0.25) is 9.69 Å². The summed E-state index contributed by atoms with van der Waals surface area (Å²) >= 11 is 0. The van der Waals surface area contributed by atoms with Crippen LogP contribution in [0.3, 0.4) is 0 Å². The number of cyclic esters (lactones) is 1. The van der Waals surface area contributed by atoms with Crippen molar-refractivity contribution in [1.29, 1.82) is 0 Å². The van der Waals surface area contributed by atoms with E-state index in [0.29, 0.717) is 46.9 Å². The van der Waals surface area contributed by atoms with E-state index >= 15 is 4.39 Å². The van der Waals surface area contributed by atoms with Crippen LogP contribution in [0, 0.1) is 5.82 Å². The summed E-state index contributed by atoms with van der Waals surface area (Å²) in [7, 11) is 0. The second-order valence-electron chi connectivity index (χ2n) is 8.83. The molecule has 3 heterocycles. The Morgan fingerprint density at radius 2 is 2.00 bits per heavy atom. The molecule has 0 radical (unpaired) electrons. The van der Waals surface area contributed by atoms with Gasteiger partial charge >= 0.3 is 6.09 Å². The summed E-state index contributed by atoms with van der Waals surface area (Å²) in [5, 5.41) is 14.7. The summed E-state index contributed by atoms with van der Waals surface area (Å²) in [5.41, 5.74) is 3.73. The van der Waals surface area contributed by atoms with Gasteiger partial charge in [0.15, 0.2) is 11.5 Å². The summed E-state index contributed by atoms with van der Waals surface area (Å²) in [6, 6.07) is 12.1. The van der Waals surface area contributed by atoms with E-state index in [9.17, 15) is 9.59 Å². The van der Waals surface area contributed by atoms with Gasteiger partial charge in [-0.25, -0.2) is 24.1 Å². The monoisotopic (exact) mass is 519 g/mol. The highest BCUT2D eigenvalue weighted by atomic mass is 19.1. The highest BCUT2D eigenvalue weighted by Gasteiger charge is 2.32. The van der Waals surface area contributed by atoms with E-state index in [1.807, 2.05) is 28.8 Å². The standard InChI is InChI=1S/C26H26FN7O4/c1-16(36)29-11-20-13-34(26(37)38-20)19-6-7-21(22(27)10-19)18-4-2-17(3-5-18)12-33-15-32-23-24(28-8-9-35)30-14-31-25(23)33/h2-7,10,14-15,20,35H,8-9,11-13H2,1H3,(H,29,36)(H,28,30,31). The Labute approximate surface area is 217 Å². The molecule has 1 aliphatic rings. The van der Waals surface area contributed by atoms with Crippen molar-refractivity contribution >= 4 is 34.7 Å². The van der Waals surface area contributed by atoms with Crippen LogP contribution in [-0.2, 0) is 16.1 Å². The molecule has 2 aromatic carbocycles. The zero-order valence-electron chi connectivity index (χ0n) is 20.6. The average Bonchev–Trinajstić information content (AvgIpc) is 3.50. The van der Waals surface area contributed by atoms with Crippen LogP contribution in [0.5, 0.6) is 0 Å². The number of fused-ring (bicyclic) bond motifs is 1. The van der Waals surface area contributed by atoms with Gasteiger partial charge in [0.1, 0.15) is 23.8 Å². The summed E-state index contributed by atoms with van der Waals surface area (Å²) in [6.45, 7) is 2.66. The Hall–Kier alpha value is -4.58. The lowest BCUT2D eigenvalue weighted by Gasteiger charge is -2.15. The van der Waals surface area contributed by atoms with Crippen molar-refractivity contribution in [3.63, 3.8) is 0 Å². The summed E-state index contributed by atoms with van der Waals surface area (Å²) in [4.78, 5) is 37.6. The zero-order chi connectivity index (χ0) is 26.6. The number of halogens is 1. The maximum absolute atomic E-state index is 15.1. The Balaban J connectivity index is 1.28. The van der Waals surface area contributed by atoms with Crippen molar-refractivity contribution < 1.29 is 23.8 Å². The molecule has 5 rings (SSSR count). The van der Waals surface area contributed by atoms with Gasteiger partial charge in [-0.15, -0.1) is 0 Å². The molecule has 3 N–H and O–H groups in total. The van der Waals surface area contributed by atoms with E-state index in [-0.39, 0.29) is 25.6 Å². The molecule has 2 aromatic heterocycles. The minimum atomic E-state index is -0.578. The van der Waals surface area contributed by atoms with Crippen molar-refractivity contribution in [2.24, 2.45) is 0 Å². The molecule has 12 heteroatoms. The summed E-state index contributed by atoms with van der Waals surface area (Å²) in [5.74, 6) is -0.120. The number of benzene rings is 2. The molecule has 0 saturated carbocycles. The molecule has 2 amide bonds. The number of imidazole rings is 1. The average molecular weight is 520 g/mol. The summed E-state index contributed by atoms with van der Waals surface area (Å²) in [6.07, 6.45) is 2.05. The molecule has 1 atom stereocenters. The van der Waals surface area contributed by atoms with E-state index in [2.05, 4.69) is 25.6 Å². The zero-order valence-corrected chi connectivity index (χ0v) is 20.6. The first-order valence-corrected chi connectivity index (χ1v) is 12.0. The number of nitrogens with zero attached hydrogens (tertiary/aromatic N) is 5. The van der Waals surface area contributed by atoms with Crippen molar-refractivity contribution in [3.8, 4) is 11.1 Å². The largest absolute Gasteiger partial charge is 0.442 e. The molecule has 11 nitrogen and oxygen atoms in total. The third-order valence-electron chi connectivity index (χ3n) is 6.14. The topological polar surface area (TPSA) is 134 Å². The minimum absolute atomic E-state index is 0.0208. The number of aromatic nitrogens is 4. The van der Waals surface area contributed by atoms with E-state index in [4.69, 9.17) is 9.84 Å². The lowest BCUT2D eigenvalue weighted by molar-refractivity contribution is -0.119. The fraction of sp³-hybridized carbons (Fsp3) is 0.269. The molecule has 0 aliphatic carbocycles. The lowest BCUT2D eigenvalue weighted by Crippen LogP contribution is -2.33. The van der Waals surface area contributed by atoms with Gasteiger partial charge in [0, 0.05) is 19.0 Å². The van der Waals surface area contributed by atoms with Gasteiger partial charge in [-0.2, -0.15) is 0 Å². The van der Waals surface area contributed by atoms with Crippen LogP contribution in [-0.4, -0.2) is 69.0 Å². The van der Waals surface area contributed by atoms with Crippen molar-refractivity contribution in [2.45, 2.75) is 19.6 Å². The molecular formula is C26H26FN7O4. The second-order valence-corrected chi connectivity index (χ2v) is 8.83. The van der Waals surface area contributed by atoms with E-state index < -0.39 is 18.0 Å². The first-order chi connectivity index (χ1) is 18.4. The normalized spacial score (nSPS) is 15.1. The van der Waals surface area contributed by atoms with Crippen molar-refractivity contribution in [1.82, 2.24) is 24.8 Å². The smallest absolute Gasteiger partial charge is 0.414 e. The van der Waals surface area contributed by atoms with Gasteiger partial charge in [-0.05, 0) is 29.3 Å². The van der Waals surface area contributed by atoms with Crippen LogP contribution in [0.1, 0.15) is 12.5 Å². The molecular weight excluding hydrogens is 493 g/mol. The Bertz CT molecular complexity index is 1470. The fourth-order valence-corrected chi connectivity index (χ4v) is 4.29. The Morgan fingerprint density at radius 3 is 2.74 bits per heavy atom. The molecule has 1 unspecified atom stereocenters. The van der Waals surface area contributed by atoms with Crippen LogP contribution in [0.25, 0.3) is 22.3 Å². The lowest BCUT2D eigenvalue weighted by atomic mass is 10.0. The predicted molar refractivity (Wildman–Crippen MR) is 138 cm³/mol. The molecule has 196 valence electrons. The first kappa shape index (κ1) is 25.1. The molecule has 1 fully saturated rings. The van der Waals surface area contributed by atoms with E-state index in [1.165, 1.54) is 24.2 Å². The van der Waals surface area contributed by atoms with Gasteiger partial charge in [0.05, 0.1) is 38.3 Å². The summed E-state index contributed by atoms with van der Waals surface area (Å²) < 4.78 is 22.2. The number of carbonyl (C=O) groups excluding carboxylic acids is 2. The van der Waals surface area contributed by atoms with Crippen LogP contribution in [0.15, 0.2) is 55.1 Å². The number of hydrogen-bond donors (Lipinski definition) is 3. The number of anilines is 2. The van der Waals surface area contributed by atoms with E-state index in [1.54, 1.807) is 18.5 Å². The number of ether oxygens (including phenoxy) is 1. The van der Waals surface area contributed by atoms with Crippen LogP contribution >= 0.6 is 0 Å². The predicted octanol–water partition coefficient (Wildman–Crippen LogP) is 2.55.